The highest BCUT2D eigenvalue weighted by molar-refractivity contribution is 5.85. The Morgan fingerprint density at radius 2 is 2.05 bits per heavy atom. The molecule has 2 fully saturated rings. The van der Waals surface area contributed by atoms with Crippen LogP contribution in [0.5, 0.6) is 0 Å². The van der Waals surface area contributed by atoms with Crippen molar-refractivity contribution in [2.75, 3.05) is 26.2 Å². The van der Waals surface area contributed by atoms with E-state index in [0.29, 0.717) is 6.54 Å². The van der Waals surface area contributed by atoms with Crippen molar-refractivity contribution in [2.24, 2.45) is 5.92 Å². The van der Waals surface area contributed by atoms with E-state index in [1.165, 1.54) is 18.4 Å². The number of piperidine rings is 1. The molecule has 0 radical (unpaired) electrons. The first-order valence-electron chi connectivity index (χ1n) is 8.21. The molecule has 1 N–H and O–H groups in total. The van der Waals surface area contributed by atoms with Crippen LogP contribution in [0, 0.1) is 5.92 Å². The predicted molar refractivity (Wildman–Crippen MR) is 92.4 cm³/mol. The standard InChI is InChI=1S/C18H26N2O.ClH/c1-18(16-6-3-2-4-7-16)10-5-11-20(14-18)17(21)13-19-12-15-8-9-15;/h2-4,6-7,15,19H,5,8-14H2,1H3;1H. The fourth-order valence-electron chi connectivity index (χ4n) is 3.35. The minimum absolute atomic E-state index is 0. The molecule has 1 amide bonds. The maximum Gasteiger partial charge on any atom is 0.236 e. The quantitative estimate of drug-likeness (QED) is 0.904. The summed E-state index contributed by atoms with van der Waals surface area (Å²) in [6, 6.07) is 10.6. The summed E-state index contributed by atoms with van der Waals surface area (Å²) in [5, 5.41) is 3.32. The van der Waals surface area contributed by atoms with Crippen molar-refractivity contribution in [3.05, 3.63) is 35.9 Å². The number of rotatable bonds is 5. The number of hydrogen-bond donors (Lipinski definition) is 1. The Morgan fingerprint density at radius 3 is 2.73 bits per heavy atom. The van der Waals surface area contributed by atoms with Gasteiger partial charge in [-0.25, -0.2) is 0 Å². The van der Waals surface area contributed by atoms with Crippen molar-refractivity contribution < 1.29 is 4.79 Å². The van der Waals surface area contributed by atoms with E-state index in [0.717, 1.165) is 38.4 Å². The zero-order valence-electron chi connectivity index (χ0n) is 13.4. The van der Waals surface area contributed by atoms with Gasteiger partial charge in [-0.2, -0.15) is 0 Å². The summed E-state index contributed by atoms with van der Waals surface area (Å²) < 4.78 is 0. The fourth-order valence-corrected chi connectivity index (χ4v) is 3.35. The van der Waals surface area contributed by atoms with Crippen LogP contribution in [0.15, 0.2) is 30.3 Å². The van der Waals surface area contributed by atoms with E-state index in [-0.39, 0.29) is 23.7 Å². The van der Waals surface area contributed by atoms with Crippen LogP contribution in [0.1, 0.15) is 38.2 Å². The largest absolute Gasteiger partial charge is 0.341 e. The Hall–Kier alpha value is -1.06. The van der Waals surface area contributed by atoms with Gasteiger partial charge >= 0.3 is 0 Å². The molecule has 1 saturated carbocycles. The lowest BCUT2D eigenvalue weighted by molar-refractivity contribution is -0.132. The monoisotopic (exact) mass is 322 g/mol. The van der Waals surface area contributed by atoms with E-state index in [9.17, 15) is 4.79 Å². The number of hydrogen-bond acceptors (Lipinski definition) is 2. The van der Waals surface area contributed by atoms with Crippen LogP contribution in [-0.4, -0.2) is 37.0 Å². The Morgan fingerprint density at radius 1 is 1.32 bits per heavy atom. The van der Waals surface area contributed by atoms with Gasteiger partial charge in [-0.05, 0) is 43.7 Å². The fraction of sp³-hybridized carbons (Fsp3) is 0.611. The van der Waals surface area contributed by atoms with E-state index in [1.807, 2.05) is 0 Å². The number of carbonyl (C=O) groups is 1. The Balaban J connectivity index is 0.00000176. The number of amides is 1. The molecule has 1 saturated heterocycles. The van der Waals surface area contributed by atoms with Crippen LogP contribution >= 0.6 is 12.4 Å². The van der Waals surface area contributed by atoms with Crippen molar-refractivity contribution in [1.82, 2.24) is 10.2 Å². The third kappa shape index (κ3) is 4.23. The van der Waals surface area contributed by atoms with Crippen LogP contribution in [0.4, 0.5) is 0 Å². The van der Waals surface area contributed by atoms with Gasteiger partial charge in [0, 0.05) is 18.5 Å². The van der Waals surface area contributed by atoms with Crippen molar-refractivity contribution in [2.45, 2.75) is 38.0 Å². The Bertz CT molecular complexity index is 489. The molecule has 0 aromatic heterocycles. The highest BCUT2D eigenvalue weighted by Gasteiger charge is 2.34. The zero-order valence-corrected chi connectivity index (χ0v) is 14.2. The SMILES string of the molecule is CC1(c2ccccc2)CCCN(C(=O)CNCC2CC2)C1.Cl. The highest BCUT2D eigenvalue weighted by atomic mass is 35.5. The number of nitrogens with one attached hydrogen (secondary N) is 1. The van der Waals surface area contributed by atoms with Crippen molar-refractivity contribution >= 4 is 18.3 Å². The van der Waals surface area contributed by atoms with Crippen LogP contribution in [-0.2, 0) is 10.2 Å². The summed E-state index contributed by atoms with van der Waals surface area (Å²) in [6.45, 7) is 5.56. The maximum absolute atomic E-state index is 12.4. The predicted octanol–water partition coefficient (Wildman–Crippen LogP) is 2.99. The third-order valence-corrected chi connectivity index (χ3v) is 4.93. The molecule has 122 valence electrons. The molecule has 3 nitrogen and oxygen atoms in total. The molecule has 1 atom stereocenters. The summed E-state index contributed by atoms with van der Waals surface area (Å²) >= 11 is 0. The van der Waals surface area contributed by atoms with Gasteiger partial charge in [0.05, 0.1) is 6.54 Å². The number of nitrogens with zero attached hydrogens (tertiary/aromatic N) is 1. The van der Waals surface area contributed by atoms with Crippen LogP contribution in [0.25, 0.3) is 0 Å². The smallest absolute Gasteiger partial charge is 0.236 e. The zero-order chi connectivity index (χ0) is 14.7. The first kappa shape index (κ1) is 17.3. The van der Waals surface area contributed by atoms with Gasteiger partial charge in [0.25, 0.3) is 0 Å². The molecular weight excluding hydrogens is 296 g/mol. The van der Waals surface area contributed by atoms with E-state index < -0.39 is 0 Å². The topological polar surface area (TPSA) is 32.3 Å². The van der Waals surface area contributed by atoms with Crippen LogP contribution < -0.4 is 5.32 Å². The molecule has 1 unspecified atom stereocenters. The van der Waals surface area contributed by atoms with Gasteiger partial charge in [-0.1, -0.05) is 37.3 Å². The lowest BCUT2D eigenvalue weighted by Crippen LogP contribution is -2.49. The van der Waals surface area contributed by atoms with Gasteiger partial charge < -0.3 is 10.2 Å². The summed E-state index contributed by atoms with van der Waals surface area (Å²) in [5.74, 6) is 1.09. The number of carbonyl (C=O) groups excluding carboxylic acids is 1. The number of halogens is 1. The average Bonchev–Trinajstić information content (AvgIpc) is 3.32. The second kappa shape index (κ2) is 7.47. The summed E-state index contributed by atoms with van der Waals surface area (Å²) in [5.41, 5.74) is 1.46. The molecule has 2 aliphatic rings. The van der Waals surface area contributed by atoms with Crippen molar-refractivity contribution in [3.8, 4) is 0 Å². The summed E-state index contributed by atoms with van der Waals surface area (Å²) in [4.78, 5) is 14.4. The number of benzene rings is 1. The summed E-state index contributed by atoms with van der Waals surface area (Å²) in [7, 11) is 0. The molecule has 1 aromatic rings. The molecule has 3 rings (SSSR count). The van der Waals surface area contributed by atoms with E-state index in [4.69, 9.17) is 0 Å². The second-order valence-electron chi connectivity index (χ2n) is 6.92. The van der Waals surface area contributed by atoms with E-state index >= 15 is 0 Å². The normalized spacial score (nSPS) is 24.7. The lowest BCUT2D eigenvalue weighted by Gasteiger charge is -2.41. The molecule has 1 aromatic carbocycles. The van der Waals surface area contributed by atoms with Gasteiger partial charge in [0.1, 0.15) is 0 Å². The molecule has 4 heteroatoms. The van der Waals surface area contributed by atoms with Crippen LogP contribution in [0.2, 0.25) is 0 Å². The highest BCUT2D eigenvalue weighted by Crippen LogP contribution is 2.33. The van der Waals surface area contributed by atoms with E-state index in [1.54, 1.807) is 0 Å². The molecule has 1 heterocycles. The van der Waals surface area contributed by atoms with Crippen molar-refractivity contribution in [3.63, 3.8) is 0 Å². The van der Waals surface area contributed by atoms with Gasteiger partial charge in [-0.15, -0.1) is 12.4 Å². The Labute approximate surface area is 139 Å². The molecular formula is C18H27ClN2O. The first-order valence-corrected chi connectivity index (χ1v) is 8.21. The molecule has 22 heavy (non-hydrogen) atoms. The lowest BCUT2D eigenvalue weighted by atomic mass is 9.76. The number of likely N-dealkylation sites (tertiary alicyclic amines) is 1. The second-order valence-corrected chi connectivity index (χ2v) is 6.92. The Kier molecular flexibility index (Phi) is 5.87. The van der Waals surface area contributed by atoms with Gasteiger partial charge in [0.15, 0.2) is 0 Å². The molecule has 1 aliphatic carbocycles. The van der Waals surface area contributed by atoms with Gasteiger partial charge in [-0.3, -0.25) is 4.79 Å². The van der Waals surface area contributed by atoms with E-state index in [2.05, 4.69) is 47.5 Å². The van der Waals surface area contributed by atoms with Crippen LogP contribution in [0.3, 0.4) is 0 Å². The first-order chi connectivity index (χ1) is 10.2. The molecule has 0 bridgehead atoms. The summed E-state index contributed by atoms with van der Waals surface area (Å²) in [6.07, 6.45) is 4.92. The molecule has 1 aliphatic heterocycles. The average molecular weight is 323 g/mol. The minimum Gasteiger partial charge on any atom is -0.341 e. The molecule has 0 spiro atoms. The third-order valence-electron chi connectivity index (χ3n) is 4.93. The van der Waals surface area contributed by atoms with Gasteiger partial charge in [0.2, 0.25) is 5.91 Å². The maximum atomic E-state index is 12.4. The minimum atomic E-state index is 0. The van der Waals surface area contributed by atoms with Crippen molar-refractivity contribution in [1.29, 1.82) is 0 Å².